The van der Waals surface area contributed by atoms with Gasteiger partial charge in [-0.25, -0.2) is 13.4 Å². The van der Waals surface area contributed by atoms with Crippen LogP contribution in [0.3, 0.4) is 0 Å². The van der Waals surface area contributed by atoms with Crippen molar-refractivity contribution in [1.82, 2.24) is 4.98 Å². The summed E-state index contributed by atoms with van der Waals surface area (Å²) in [5, 5.41) is 0. The van der Waals surface area contributed by atoms with Crippen molar-refractivity contribution in [1.29, 1.82) is 0 Å². The molecule has 5 nitrogen and oxygen atoms in total. The molecule has 0 saturated carbocycles. The van der Waals surface area contributed by atoms with Crippen LogP contribution in [-0.4, -0.2) is 20.4 Å². The monoisotopic (exact) mass is 263 g/mol. The van der Waals surface area contributed by atoms with Gasteiger partial charge in [-0.05, 0) is 24.3 Å². The predicted octanol–water partition coefficient (Wildman–Crippen LogP) is 1.49. The van der Waals surface area contributed by atoms with Crippen LogP contribution in [0.5, 0.6) is 0 Å². The number of nitrogens with zero attached hydrogens (tertiary/aromatic N) is 2. The van der Waals surface area contributed by atoms with Gasteiger partial charge in [-0.15, -0.1) is 0 Å². The standard InChI is InChI=1S/C12H13N3O2S/c1-15(12-8-7-10(13)9-14-12)18(16,17)11-5-3-2-4-6-11/h2-9H,13H2,1H3. The Bertz CT molecular complexity index is 624. The summed E-state index contributed by atoms with van der Waals surface area (Å²) in [5.41, 5.74) is 6.01. The van der Waals surface area contributed by atoms with Gasteiger partial charge in [0, 0.05) is 7.05 Å². The molecule has 0 spiro atoms. The van der Waals surface area contributed by atoms with Crippen molar-refractivity contribution in [3.63, 3.8) is 0 Å². The minimum atomic E-state index is -3.57. The van der Waals surface area contributed by atoms with Crippen LogP contribution in [-0.2, 0) is 10.0 Å². The van der Waals surface area contributed by atoms with E-state index in [9.17, 15) is 8.42 Å². The van der Waals surface area contributed by atoms with Gasteiger partial charge in [-0.1, -0.05) is 18.2 Å². The first kappa shape index (κ1) is 12.4. The second-order valence-electron chi connectivity index (χ2n) is 3.74. The van der Waals surface area contributed by atoms with E-state index in [4.69, 9.17) is 5.73 Å². The summed E-state index contributed by atoms with van der Waals surface area (Å²) in [5.74, 6) is 0.327. The molecule has 94 valence electrons. The highest BCUT2D eigenvalue weighted by atomic mass is 32.2. The molecule has 0 atom stereocenters. The maximum atomic E-state index is 12.3. The van der Waals surface area contributed by atoms with E-state index in [1.165, 1.54) is 13.2 Å². The summed E-state index contributed by atoms with van der Waals surface area (Å²) in [7, 11) is -2.12. The minimum Gasteiger partial charge on any atom is -0.397 e. The van der Waals surface area contributed by atoms with E-state index in [2.05, 4.69) is 4.98 Å². The first-order valence-corrected chi connectivity index (χ1v) is 6.71. The molecule has 0 saturated heterocycles. The van der Waals surface area contributed by atoms with Crippen molar-refractivity contribution in [2.45, 2.75) is 4.90 Å². The summed E-state index contributed by atoms with van der Waals surface area (Å²) in [6.45, 7) is 0. The predicted molar refractivity (Wildman–Crippen MR) is 70.7 cm³/mol. The van der Waals surface area contributed by atoms with E-state index >= 15 is 0 Å². The highest BCUT2D eigenvalue weighted by Gasteiger charge is 2.21. The Hall–Kier alpha value is -2.08. The average Bonchev–Trinajstić information content (AvgIpc) is 2.40. The number of hydrogen-bond donors (Lipinski definition) is 1. The molecule has 2 aromatic rings. The lowest BCUT2D eigenvalue weighted by atomic mass is 10.4. The maximum absolute atomic E-state index is 12.3. The van der Waals surface area contributed by atoms with E-state index in [1.54, 1.807) is 42.5 Å². The lowest BCUT2D eigenvalue weighted by Gasteiger charge is -2.18. The molecule has 0 amide bonds. The number of rotatable bonds is 3. The van der Waals surface area contributed by atoms with Gasteiger partial charge in [0.05, 0.1) is 16.8 Å². The van der Waals surface area contributed by atoms with Gasteiger partial charge < -0.3 is 5.73 Å². The smallest absolute Gasteiger partial charge is 0.265 e. The summed E-state index contributed by atoms with van der Waals surface area (Å²) in [6.07, 6.45) is 1.42. The minimum absolute atomic E-state index is 0.228. The molecule has 0 radical (unpaired) electrons. The number of pyridine rings is 1. The molecule has 0 aliphatic rings. The van der Waals surface area contributed by atoms with Crippen molar-refractivity contribution >= 4 is 21.5 Å². The van der Waals surface area contributed by atoms with Gasteiger partial charge in [-0.3, -0.25) is 4.31 Å². The van der Waals surface area contributed by atoms with E-state index in [-0.39, 0.29) is 4.90 Å². The third kappa shape index (κ3) is 2.28. The van der Waals surface area contributed by atoms with E-state index in [0.29, 0.717) is 11.5 Å². The van der Waals surface area contributed by atoms with Crippen LogP contribution in [0.2, 0.25) is 0 Å². The van der Waals surface area contributed by atoms with Crippen molar-refractivity contribution in [3.8, 4) is 0 Å². The molecule has 0 aliphatic carbocycles. The highest BCUT2D eigenvalue weighted by molar-refractivity contribution is 7.92. The van der Waals surface area contributed by atoms with Gasteiger partial charge in [0.2, 0.25) is 0 Å². The Morgan fingerprint density at radius 2 is 1.78 bits per heavy atom. The number of aromatic nitrogens is 1. The molecule has 2 N–H and O–H groups in total. The number of nitrogens with two attached hydrogens (primary N) is 1. The number of hydrogen-bond acceptors (Lipinski definition) is 4. The first-order valence-electron chi connectivity index (χ1n) is 5.27. The molecule has 1 aromatic carbocycles. The van der Waals surface area contributed by atoms with Gasteiger partial charge >= 0.3 is 0 Å². The van der Waals surface area contributed by atoms with Crippen LogP contribution in [0.25, 0.3) is 0 Å². The fraction of sp³-hybridized carbons (Fsp3) is 0.0833. The fourth-order valence-electron chi connectivity index (χ4n) is 1.46. The molecular formula is C12H13N3O2S. The largest absolute Gasteiger partial charge is 0.397 e. The summed E-state index contributed by atoms with van der Waals surface area (Å²) in [6, 6.07) is 11.4. The van der Waals surface area contributed by atoms with Gasteiger partial charge in [0.1, 0.15) is 5.82 Å². The Labute approximate surface area is 106 Å². The van der Waals surface area contributed by atoms with Crippen LogP contribution in [0, 0.1) is 0 Å². The topological polar surface area (TPSA) is 76.3 Å². The van der Waals surface area contributed by atoms with Crippen molar-refractivity contribution in [2.75, 3.05) is 17.1 Å². The molecule has 0 bridgehead atoms. The second kappa shape index (κ2) is 4.66. The van der Waals surface area contributed by atoms with E-state index in [1.807, 2.05) is 0 Å². The lowest BCUT2D eigenvalue weighted by molar-refractivity contribution is 0.594. The van der Waals surface area contributed by atoms with Gasteiger partial charge in [0.15, 0.2) is 0 Å². The quantitative estimate of drug-likeness (QED) is 0.910. The number of benzene rings is 1. The third-order valence-corrected chi connectivity index (χ3v) is 4.27. The molecule has 1 aromatic heterocycles. The molecule has 0 fully saturated rings. The van der Waals surface area contributed by atoms with E-state index < -0.39 is 10.0 Å². The first-order chi connectivity index (χ1) is 8.51. The van der Waals surface area contributed by atoms with Crippen LogP contribution in [0.1, 0.15) is 0 Å². The molecule has 1 heterocycles. The SMILES string of the molecule is CN(c1ccc(N)cn1)S(=O)(=O)c1ccccc1. The van der Waals surface area contributed by atoms with Crippen LogP contribution in [0.4, 0.5) is 11.5 Å². The number of anilines is 2. The third-order valence-electron chi connectivity index (χ3n) is 2.49. The van der Waals surface area contributed by atoms with Crippen LogP contribution in [0.15, 0.2) is 53.6 Å². The molecule has 0 aliphatic heterocycles. The maximum Gasteiger partial charge on any atom is 0.265 e. The molecule has 2 rings (SSSR count). The van der Waals surface area contributed by atoms with Crippen molar-refractivity contribution < 1.29 is 8.42 Å². The summed E-state index contributed by atoms with van der Waals surface area (Å²) in [4.78, 5) is 4.22. The number of sulfonamides is 1. The Balaban J connectivity index is 2.39. The van der Waals surface area contributed by atoms with Crippen LogP contribution >= 0.6 is 0 Å². The average molecular weight is 263 g/mol. The fourth-order valence-corrected chi connectivity index (χ4v) is 2.63. The molecule has 18 heavy (non-hydrogen) atoms. The van der Waals surface area contributed by atoms with Gasteiger partial charge in [-0.2, -0.15) is 0 Å². The lowest BCUT2D eigenvalue weighted by Crippen LogP contribution is -2.27. The van der Waals surface area contributed by atoms with Crippen molar-refractivity contribution in [3.05, 3.63) is 48.7 Å². The molecule has 6 heteroatoms. The van der Waals surface area contributed by atoms with Crippen molar-refractivity contribution in [2.24, 2.45) is 0 Å². The zero-order valence-electron chi connectivity index (χ0n) is 9.82. The zero-order valence-corrected chi connectivity index (χ0v) is 10.6. The van der Waals surface area contributed by atoms with Crippen LogP contribution < -0.4 is 10.0 Å². The highest BCUT2D eigenvalue weighted by Crippen LogP contribution is 2.20. The zero-order chi connectivity index (χ0) is 13.2. The van der Waals surface area contributed by atoms with E-state index in [0.717, 1.165) is 4.31 Å². The second-order valence-corrected chi connectivity index (χ2v) is 5.70. The number of nitrogen functional groups attached to an aromatic ring is 1. The normalized spacial score (nSPS) is 11.2. The molecule has 0 unspecified atom stereocenters. The Morgan fingerprint density at radius 3 is 2.33 bits per heavy atom. The summed E-state index contributed by atoms with van der Waals surface area (Å²) >= 11 is 0. The Kier molecular flexibility index (Phi) is 3.20. The van der Waals surface area contributed by atoms with Gasteiger partial charge in [0.25, 0.3) is 10.0 Å². The Morgan fingerprint density at radius 1 is 1.11 bits per heavy atom. The molecular weight excluding hydrogens is 250 g/mol. The summed E-state index contributed by atoms with van der Waals surface area (Å²) < 4.78 is 25.7.